The van der Waals surface area contributed by atoms with Gasteiger partial charge in [0, 0.05) is 29.5 Å². The molecule has 4 rings (SSSR count). The van der Waals surface area contributed by atoms with E-state index >= 15 is 0 Å². The van der Waals surface area contributed by atoms with E-state index < -0.39 is 0 Å². The molecule has 148 valence electrons. The molecule has 28 heavy (non-hydrogen) atoms. The predicted molar refractivity (Wildman–Crippen MR) is 111 cm³/mol. The molecule has 1 aliphatic heterocycles. The molecule has 1 fully saturated rings. The van der Waals surface area contributed by atoms with Crippen molar-refractivity contribution in [3.8, 4) is 0 Å². The van der Waals surface area contributed by atoms with Crippen LogP contribution in [-0.2, 0) is 6.54 Å². The van der Waals surface area contributed by atoms with Gasteiger partial charge in [-0.1, -0.05) is 13.8 Å². The van der Waals surface area contributed by atoms with Crippen molar-refractivity contribution in [2.24, 2.45) is 0 Å². The first-order valence-electron chi connectivity index (χ1n) is 9.98. The van der Waals surface area contributed by atoms with Crippen LogP contribution in [0.1, 0.15) is 55.4 Å². The van der Waals surface area contributed by atoms with Crippen molar-refractivity contribution in [2.75, 3.05) is 13.1 Å². The summed E-state index contributed by atoms with van der Waals surface area (Å²) in [5.41, 5.74) is 3.14. The highest BCUT2D eigenvalue weighted by molar-refractivity contribution is 5.75. The molecular formula is C21H28N6O. The van der Waals surface area contributed by atoms with Gasteiger partial charge in [-0.05, 0) is 51.8 Å². The minimum atomic E-state index is 0.0209. The molecule has 0 saturated carbocycles. The highest BCUT2D eigenvalue weighted by Crippen LogP contribution is 2.25. The second kappa shape index (κ2) is 9.01. The van der Waals surface area contributed by atoms with Crippen LogP contribution in [0.5, 0.6) is 0 Å². The summed E-state index contributed by atoms with van der Waals surface area (Å²) in [5.74, 6) is 0.916. The average Bonchev–Trinajstić information content (AvgIpc) is 2.73. The molecule has 3 aromatic heterocycles. The molecule has 0 atom stereocenters. The maximum absolute atomic E-state index is 13.3. The third-order valence-corrected chi connectivity index (χ3v) is 5.04. The summed E-state index contributed by atoms with van der Waals surface area (Å²) in [5, 5.41) is 4.25. The topological polar surface area (TPSA) is 85.6 Å². The number of aromatic nitrogens is 5. The molecule has 0 spiro atoms. The van der Waals surface area contributed by atoms with Gasteiger partial charge in [-0.15, -0.1) is 0 Å². The fourth-order valence-electron chi connectivity index (χ4n) is 3.58. The molecule has 1 aliphatic rings. The van der Waals surface area contributed by atoms with Crippen LogP contribution in [-0.4, -0.2) is 37.6 Å². The van der Waals surface area contributed by atoms with Gasteiger partial charge in [-0.25, -0.2) is 9.97 Å². The van der Waals surface area contributed by atoms with Gasteiger partial charge in [-0.2, -0.15) is 0 Å². The Hall–Kier alpha value is -2.67. The highest BCUT2D eigenvalue weighted by Gasteiger charge is 2.21. The molecule has 0 bridgehead atoms. The van der Waals surface area contributed by atoms with Gasteiger partial charge >= 0.3 is 0 Å². The van der Waals surface area contributed by atoms with Crippen LogP contribution in [0.3, 0.4) is 0 Å². The number of hydrogen-bond acceptors (Lipinski definition) is 6. The molecule has 0 aliphatic carbocycles. The highest BCUT2D eigenvalue weighted by atomic mass is 16.1. The van der Waals surface area contributed by atoms with Gasteiger partial charge in [0.05, 0.1) is 17.9 Å². The molecule has 0 amide bonds. The van der Waals surface area contributed by atoms with Crippen LogP contribution in [0, 0.1) is 13.8 Å². The van der Waals surface area contributed by atoms with Crippen molar-refractivity contribution >= 4 is 11.0 Å². The van der Waals surface area contributed by atoms with Crippen molar-refractivity contribution in [2.45, 2.75) is 53.0 Å². The molecule has 1 N–H and O–H groups in total. The smallest absolute Gasteiger partial charge is 0.256 e. The number of aryl methyl sites for hydroxylation is 2. The zero-order chi connectivity index (χ0) is 20.1. The lowest BCUT2D eigenvalue weighted by molar-refractivity contribution is 0.456. The van der Waals surface area contributed by atoms with E-state index in [0.29, 0.717) is 18.0 Å². The summed E-state index contributed by atoms with van der Waals surface area (Å²) < 4.78 is 1.73. The van der Waals surface area contributed by atoms with E-state index in [1.807, 2.05) is 40.0 Å². The van der Waals surface area contributed by atoms with E-state index in [0.717, 1.165) is 48.3 Å². The molecule has 3 aromatic rings. The lowest BCUT2D eigenvalue weighted by Crippen LogP contribution is -2.32. The minimum absolute atomic E-state index is 0.0209. The quantitative estimate of drug-likeness (QED) is 0.752. The SMILES string of the molecule is CC.Cc1ncc2cc(C3CCNCC3)c(=O)n(Cc3nccnc3C)c2n1. The van der Waals surface area contributed by atoms with Crippen LogP contribution in [0.2, 0.25) is 0 Å². The average molecular weight is 380 g/mol. The number of fused-ring (bicyclic) bond motifs is 1. The van der Waals surface area contributed by atoms with E-state index in [4.69, 9.17) is 0 Å². The Morgan fingerprint density at radius 1 is 1.11 bits per heavy atom. The maximum Gasteiger partial charge on any atom is 0.256 e. The summed E-state index contributed by atoms with van der Waals surface area (Å²) in [4.78, 5) is 30.9. The number of nitrogens with zero attached hydrogens (tertiary/aromatic N) is 5. The number of hydrogen-bond donors (Lipinski definition) is 1. The van der Waals surface area contributed by atoms with Crippen LogP contribution < -0.4 is 10.9 Å². The van der Waals surface area contributed by atoms with E-state index in [-0.39, 0.29) is 11.5 Å². The van der Waals surface area contributed by atoms with Crippen molar-refractivity contribution in [3.05, 3.63) is 57.8 Å². The summed E-state index contributed by atoms with van der Waals surface area (Å²) in [6.07, 6.45) is 7.07. The van der Waals surface area contributed by atoms with Crippen molar-refractivity contribution in [3.63, 3.8) is 0 Å². The third-order valence-electron chi connectivity index (χ3n) is 5.04. The summed E-state index contributed by atoms with van der Waals surface area (Å²) >= 11 is 0. The molecule has 1 saturated heterocycles. The largest absolute Gasteiger partial charge is 0.317 e. The summed E-state index contributed by atoms with van der Waals surface area (Å²) in [6, 6.07) is 1.98. The van der Waals surface area contributed by atoms with Gasteiger partial charge in [0.1, 0.15) is 11.5 Å². The number of piperidine rings is 1. The second-order valence-electron chi connectivity index (χ2n) is 6.80. The van der Waals surface area contributed by atoms with Gasteiger partial charge in [-0.3, -0.25) is 19.3 Å². The molecular weight excluding hydrogens is 352 g/mol. The molecule has 7 heteroatoms. The molecule has 0 aromatic carbocycles. The van der Waals surface area contributed by atoms with Crippen LogP contribution in [0.25, 0.3) is 11.0 Å². The lowest BCUT2D eigenvalue weighted by atomic mass is 9.90. The zero-order valence-electron chi connectivity index (χ0n) is 17.1. The van der Waals surface area contributed by atoms with E-state index in [1.165, 1.54) is 0 Å². The Balaban J connectivity index is 0.00000109. The summed E-state index contributed by atoms with van der Waals surface area (Å²) in [6.45, 7) is 9.99. The first-order chi connectivity index (χ1) is 13.6. The van der Waals surface area contributed by atoms with Crippen molar-refractivity contribution in [1.29, 1.82) is 0 Å². The second-order valence-corrected chi connectivity index (χ2v) is 6.80. The molecule has 7 nitrogen and oxygen atoms in total. The van der Waals surface area contributed by atoms with E-state index in [2.05, 4.69) is 25.3 Å². The van der Waals surface area contributed by atoms with Gasteiger partial charge in [0.15, 0.2) is 0 Å². The monoisotopic (exact) mass is 380 g/mol. The van der Waals surface area contributed by atoms with Crippen molar-refractivity contribution in [1.82, 2.24) is 29.8 Å². The van der Waals surface area contributed by atoms with Crippen LogP contribution in [0.15, 0.2) is 29.5 Å². The molecule has 4 heterocycles. The number of nitrogens with one attached hydrogen (secondary N) is 1. The third kappa shape index (κ3) is 4.09. The Labute approximate surface area is 165 Å². The fraction of sp³-hybridized carbons (Fsp3) is 0.476. The fourth-order valence-corrected chi connectivity index (χ4v) is 3.58. The van der Waals surface area contributed by atoms with E-state index in [1.54, 1.807) is 17.0 Å². The zero-order valence-corrected chi connectivity index (χ0v) is 17.1. The molecule has 0 radical (unpaired) electrons. The van der Waals surface area contributed by atoms with Gasteiger partial charge in [0.25, 0.3) is 5.56 Å². The molecule has 0 unspecified atom stereocenters. The van der Waals surface area contributed by atoms with Crippen LogP contribution in [0.4, 0.5) is 0 Å². The Bertz CT molecular complexity index is 1010. The number of pyridine rings is 1. The lowest BCUT2D eigenvalue weighted by Gasteiger charge is -2.23. The predicted octanol–water partition coefficient (Wildman–Crippen LogP) is 2.74. The minimum Gasteiger partial charge on any atom is -0.317 e. The standard InChI is InChI=1S/C19H22N6O.C2H6/c1-12-17(22-8-7-21-12)11-25-18-15(10-23-13(2)24-18)9-16(19(25)26)14-3-5-20-6-4-14;1-2/h7-10,14,20H,3-6,11H2,1-2H3;1-2H3. The maximum atomic E-state index is 13.3. The Morgan fingerprint density at radius 2 is 1.82 bits per heavy atom. The number of rotatable bonds is 3. The summed E-state index contributed by atoms with van der Waals surface area (Å²) in [7, 11) is 0. The van der Waals surface area contributed by atoms with Crippen LogP contribution >= 0.6 is 0 Å². The normalized spacial score (nSPS) is 14.6. The van der Waals surface area contributed by atoms with Gasteiger partial charge < -0.3 is 5.32 Å². The Kier molecular flexibility index (Phi) is 6.46. The van der Waals surface area contributed by atoms with E-state index in [9.17, 15) is 4.79 Å². The van der Waals surface area contributed by atoms with Gasteiger partial charge in [0.2, 0.25) is 0 Å². The first-order valence-corrected chi connectivity index (χ1v) is 9.98. The first kappa shape index (κ1) is 20.1. The Morgan fingerprint density at radius 3 is 2.54 bits per heavy atom. The van der Waals surface area contributed by atoms with Crippen molar-refractivity contribution < 1.29 is 0 Å².